The van der Waals surface area contributed by atoms with Crippen molar-refractivity contribution in [2.75, 3.05) is 5.88 Å². The number of amides is 2. The van der Waals surface area contributed by atoms with E-state index in [1.165, 1.54) is 11.8 Å². The SMILES string of the molecule is C/C1=C(\c2cccc(C(N)=O)c2)SC/N=C(/N)NC(=O)C1(C)C. The number of carbonyl (C=O) groups is 2. The van der Waals surface area contributed by atoms with E-state index < -0.39 is 11.3 Å². The number of carbonyl (C=O) groups excluding carboxylic acids is 2. The molecule has 1 aliphatic heterocycles. The lowest BCUT2D eigenvalue weighted by Crippen LogP contribution is -2.44. The van der Waals surface area contributed by atoms with Gasteiger partial charge in [-0.25, -0.2) is 4.99 Å². The molecule has 1 heterocycles. The van der Waals surface area contributed by atoms with Crippen molar-refractivity contribution in [3.8, 4) is 0 Å². The van der Waals surface area contributed by atoms with Crippen LogP contribution in [0.1, 0.15) is 36.7 Å². The summed E-state index contributed by atoms with van der Waals surface area (Å²) in [5.74, 6) is -0.231. The number of nitrogens with one attached hydrogen (secondary N) is 1. The van der Waals surface area contributed by atoms with Crippen LogP contribution in [0.4, 0.5) is 0 Å². The van der Waals surface area contributed by atoms with Crippen molar-refractivity contribution in [1.29, 1.82) is 0 Å². The summed E-state index contributed by atoms with van der Waals surface area (Å²) in [6, 6.07) is 7.05. The van der Waals surface area contributed by atoms with E-state index in [9.17, 15) is 9.59 Å². The predicted octanol–water partition coefficient (Wildman–Crippen LogP) is 1.68. The third kappa shape index (κ3) is 3.56. The Morgan fingerprint density at radius 2 is 2.09 bits per heavy atom. The normalized spacial score (nSPS) is 23.8. The molecule has 0 bridgehead atoms. The first kappa shape index (κ1) is 17.1. The fraction of sp³-hybridized carbons (Fsp3) is 0.312. The molecule has 0 spiro atoms. The highest BCUT2D eigenvalue weighted by atomic mass is 32.2. The number of benzene rings is 1. The van der Waals surface area contributed by atoms with Gasteiger partial charge in [-0.2, -0.15) is 0 Å². The Morgan fingerprint density at radius 3 is 2.74 bits per heavy atom. The summed E-state index contributed by atoms with van der Waals surface area (Å²) >= 11 is 1.47. The van der Waals surface area contributed by atoms with Crippen LogP contribution in [-0.4, -0.2) is 23.7 Å². The second kappa shape index (κ2) is 6.45. The fourth-order valence-electron chi connectivity index (χ4n) is 2.15. The van der Waals surface area contributed by atoms with Crippen LogP contribution >= 0.6 is 11.8 Å². The lowest BCUT2D eigenvalue weighted by Gasteiger charge is -2.26. The Bertz CT molecular complexity index is 723. The molecule has 0 aromatic heterocycles. The van der Waals surface area contributed by atoms with Crippen LogP contribution in [0, 0.1) is 5.41 Å². The number of thioether (sulfide) groups is 1. The van der Waals surface area contributed by atoms with Crippen LogP contribution in [0.25, 0.3) is 4.91 Å². The van der Waals surface area contributed by atoms with Gasteiger partial charge >= 0.3 is 0 Å². The highest BCUT2D eigenvalue weighted by Gasteiger charge is 2.33. The zero-order valence-corrected chi connectivity index (χ0v) is 14.2. The van der Waals surface area contributed by atoms with Crippen LogP contribution in [0.5, 0.6) is 0 Å². The second-order valence-electron chi connectivity index (χ2n) is 5.80. The summed E-state index contributed by atoms with van der Waals surface area (Å²) < 4.78 is 0. The molecule has 2 rings (SSSR count). The molecule has 1 aromatic carbocycles. The Balaban J connectivity index is 2.58. The van der Waals surface area contributed by atoms with E-state index in [-0.39, 0.29) is 11.9 Å². The molecule has 0 unspecified atom stereocenters. The fourth-order valence-corrected chi connectivity index (χ4v) is 3.25. The number of nitrogens with two attached hydrogens (primary N) is 2. The van der Waals surface area contributed by atoms with Crippen LogP contribution in [0.2, 0.25) is 0 Å². The lowest BCUT2D eigenvalue weighted by molar-refractivity contribution is -0.126. The van der Waals surface area contributed by atoms with Crippen molar-refractivity contribution in [1.82, 2.24) is 5.32 Å². The van der Waals surface area contributed by atoms with Crippen molar-refractivity contribution < 1.29 is 9.59 Å². The molecular formula is C16H20N4O2S. The summed E-state index contributed by atoms with van der Waals surface area (Å²) in [7, 11) is 0. The molecule has 5 N–H and O–H groups in total. The monoisotopic (exact) mass is 332 g/mol. The van der Waals surface area contributed by atoms with Gasteiger partial charge in [-0.3, -0.25) is 14.9 Å². The first-order chi connectivity index (χ1) is 10.7. The van der Waals surface area contributed by atoms with Gasteiger partial charge in [-0.15, -0.1) is 11.8 Å². The molecule has 1 aliphatic rings. The molecule has 122 valence electrons. The second-order valence-corrected chi connectivity index (χ2v) is 6.75. The van der Waals surface area contributed by atoms with Crippen LogP contribution in [-0.2, 0) is 4.79 Å². The lowest BCUT2D eigenvalue weighted by atomic mass is 9.83. The zero-order chi connectivity index (χ0) is 17.2. The summed E-state index contributed by atoms with van der Waals surface area (Å²) in [5.41, 5.74) is 12.4. The average molecular weight is 332 g/mol. The van der Waals surface area contributed by atoms with E-state index in [0.29, 0.717) is 11.4 Å². The average Bonchev–Trinajstić information content (AvgIpc) is 2.53. The van der Waals surface area contributed by atoms with E-state index in [4.69, 9.17) is 11.5 Å². The Kier molecular flexibility index (Phi) is 4.79. The molecular weight excluding hydrogens is 312 g/mol. The van der Waals surface area contributed by atoms with Crippen molar-refractivity contribution in [3.63, 3.8) is 0 Å². The maximum absolute atomic E-state index is 12.4. The highest BCUT2D eigenvalue weighted by molar-refractivity contribution is 8.08. The number of aliphatic imine (C=N–C) groups is 1. The number of rotatable bonds is 2. The van der Waals surface area contributed by atoms with E-state index in [2.05, 4.69) is 10.3 Å². The Labute approximate surface area is 139 Å². The molecule has 23 heavy (non-hydrogen) atoms. The van der Waals surface area contributed by atoms with Crippen molar-refractivity contribution >= 4 is 34.4 Å². The van der Waals surface area contributed by atoms with E-state index in [1.54, 1.807) is 18.2 Å². The first-order valence-electron chi connectivity index (χ1n) is 7.09. The molecule has 0 radical (unpaired) electrons. The maximum atomic E-state index is 12.4. The molecule has 6 nitrogen and oxygen atoms in total. The molecule has 0 aliphatic carbocycles. The number of hydrogen-bond donors (Lipinski definition) is 3. The molecule has 2 amide bonds. The van der Waals surface area contributed by atoms with Crippen molar-refractivity contribution in [2.24, 2.45) is 21.9 Å². The molecule has 0 fully saturated rings. The van der Waals surface area contributed by atoms with Gasteiger partial charge in [0, 0.05) is 10.5 Å². The van der Waals surface area contributed by atoms with Gasteiger partial charge in [0.1, 0.15) is 0 Å². The van der Waals surface area contributed by atoms with Gasteiger partial charge < -0.3 is 11.5 Å². The Morgan fingerprint density at radius 1 is 1.39 bits per heavy atom. The minimum absolute atomic E-state index is 0.107. The van der Waals surface area contributed by atoms with E-state index in [0.717, 1.165) is 16.0 Å². The van der Waals surface area contributed by atoms with Crippen LogP contribution in [0.3, 0.4) is 0 Å². The topological polar surface area (TPSA) is 111 Å². The summed E-state index contributed by atoms with van der Waals surface area (Å²) in [5, 5.41) is 2.61. The summed E-state index contributed by atoms with van der Waals surface area (Å²) in [6.07, 6.45) is 0. The maximum Gasteiger partial charge on any atom is 0.248 e. The van der Waals surface area contributed by atoms with Gasteiger partial charge in [0.25, 0.3) is 0 Å². The van der Waals surface area contributed by atoms with Crippen LogP contribution < -0.4 is 16.8 Å². The van der Waals surface area contributed by atoms with Gasteiger partial charge in [0.05, 0.1) is 11.3 Å². The van der Waals surface area contributed by atoms with Gasteiger partial charge in [0.15, 0.2) is 5.96 Å². The molecule has 1 aromatic rings. The Hall–Kier alpha value is -2.28. The summed E-state index contributed by atoms with van der Waals surface area (Å²) in [4.78, 5) is 28.9. The van der Waals surface area contributed by atoms with E-state index in [1.807, 2.05) is 26.8 Å². The number of hydrogen-bond acceptors (Lipinski definition) is 5. The van der Waals surface area contributed by atoms with Gasteiger partial charge in [-0.05, 0) is 44.0 Å². The molecule has 0 atom stereocenters. The predicted molar refractivity (Wildman–Crippen MR) is 93.6 cm³/mol. The number of guanidine groups is 1. The number of primary amides is 1. The van der Waals surface area contributed by atoms with Gasteiger partial charge in [0.2, 0.25) is 11.8 Å². The largest absolute Gasteiger partial charge is 0.370 e. The van der Waals surface area contributed by atoms with Crippen molar-refractivity contribution in [3.05, 3.63) is 41.0 Å². The quantitative estimate of drug-likeness (QED) is 0.765. The van der Waals surface area contributed by atoms with Crippen molar-refractivity contribution in [2.45, 2.75) is 20.8 Å². The first-order valence-corrected chi connectivity index (χ1v) is 8.08. The molecule has 7 heteroatoms. The van der Waals surface area contributed by atoms with Crippen LogP contribution in [0.15, 0.2) is 34.8 Å². The van der Waals surface area contributed by atoms with E-state index >= 15 is 0 Å². The minimum atomic E-state index is -0.768. The third-order valence-electron chi connectivity index (χ3n) is 3.94. The number of nitrogens with zero attached hydrogens (tertiary/aromatic N) is 1. The standard InChI is InChI=1S/C16H20N4O2S/c1-9-12(10-5-4-6-11(7-10)13(17)21)23-8-19-15(18)20-14(22)16(9,2)3/h4-7H,8H2,1-3H3,(H2,17,21)(H3,18,19,20,22)/b12-9-. The minimum Gasteiger partial charge on any atom is -0.370 e. The molecule has 0 saturated heterocycles. The summed E-state index contributed by atoms with van der Waals surface area (Å²) in [6.45, 7) is 5.56. The zero-order valence-electron chi connectivity index (χ0n) is 13.3. The smallest absolute Gasteiger partial charge is 0.248 e. The highest BCUT2D eigenvalue weighted by Crippen LogP contribution is 2.40. The van der Waals surface area contributed by atoms with Gasteiger partial charge in [-0.1, -0.05) is 12.1 Å². The third-order valence-corrected chi connectivity index (χ3v) is 5.03. The molecule has 0 saturated carbocycles.